The summed E-state index contributed by atoms with van der Waals surface area (Å²) in [4.78, 5) is 51.3. The second kappa shape index (κ2) is 12.1. The number of rotatable bonds is 12. The lowest BCUT2D eigenvalue weighted by Gasteiger charge is -2.26. The van der Waals surface area contributed by atoms with Gasteiger partial charge in [0.25, 0.3) is 5.91 Å². The van der Waals surface area contributed by atoms with Gasteiger partial charge in [0.1, 0.15) is 28.3 Å². The molecule has 238 valence electrons. The van der Waals surface area contributed by atoms with Crippen LogP contribution in [-0.4, -0.2) is 92.0 Å². The highest BCUT2D eigenvalue weighted by Crippen LogP contribution is 2.39. The smallest absolute Gasteiger partial charge is 0.428 e. The minimum absolute atomic E-state index is 0.0247. The number of amides is 2. The molecule has 5 rings (SSSR count). The third kappa shape index (κ3) is 6.36. The molecule has 2 N–H and O–H groups in total. The highest BCUT2D eigenvalue weighted by atomic mass is 16.7. The normalized spacial score (nSPS) is 15.6. The first-order valence-corrected chi connectivity index (χ1v) is 14.8. The van der Waals surface area contributed by atoms with Crippen molar-refractivity contribution in [2.45, 2.75) is 83.9 Å². The van der Waals surface area contributed by atoms with Crippen molar-refractivity contribution in [3.05, 3.63) is 30.0 Å². The van der Waals surface area contributed by atoms with E-state index in [0.29, 0.717) is 41.3 Å². The second-order valence-electron chi connectivity index (χ2n) is 12.2. The number of methoxy groups -OCH3 is 2. The van der Waals surface area contributed by atoms with Gasteiger partial charge in [0, 0.05) is 58.4 Å². The molecule has 0 radical (unpaired) electrons. The van der Waals surface area contributed by atoms with Gasteiger partial charge in [0.05, 0.1) is 11.8 Å². The van der Waals surface area contributed by atoms with Gasteiger partial charge in [-0.2, -0.15) is 0 Å². The van der Waals surface area contributed by atoms with E-state index in [0.717, 1.165) is 41.6 Å². The minimum Gasteiger partial charge on any atom is -0.442 e. The van der Waals surface area contributed by atoms with Crippen molar-refractivity contribution in [2.75, 3.05) is 26.6 Å². The standard InChI is InChI=1S/C30H42N8O6/c1-9-37-20(27(40)38(17-10-11-17)18-12-13-18)14-19-24-23(31-16-35(24)5)25(33-26(19)37)32-22(15-21(39)28(42-7)43-8)34-36(6)29(41)44-30(2,3)4/h14-18,28,34H,9-13H2,1-8H3,(H,32,33)/b22-15+. The first-order chi connectivity index (χ1) is 20.9. The molecule has 14 heteroatoms. The number of aryl methyl sites for hydroxylation is 2. The number of pyridine rings is 1. The number of imidazole rings is 1. The molecule has 14 nitrogen and oxygen atoms in total. The number of anilines is 1. The summed E-state index contributed by atoms with van der Waals surface area (Å²) in [6, 6.07) is 2.53. The number of hydrogen-bond donors (Lipinski definition) is 2. The first-order valence-electron chi connectivity index (χ1n) is 14.8. The Bertz CT molecular complexity index is 1590. The van der Waals surface area contributed by atoms with Crippen LogP contribution in [0.2, 0.25) is 0 Å². The molecule has 0 bridgehead atoms. The van der Waals surface area contributed by atoms with Crippen LogP contribution < -0.4 is 10.7 Å². The topological polar surface area (TPSA) is 145 Å². The molecule has 0 aliphatic heterocycles. The highest BCUT2D eigenvalue weighted by Gasteiger charge is 2.43. The lowest BCUT2D eigenvalue weighted by molar-refractivity contribution is -0.151. The Morgan fingerprint density at radius 3 is 2.32 bits per heavy atom. The van der Waals surface area contributed by atoms with Crippen LogP contribution >= 0.6 is 0 Å². The van der Waals surface area contributed by atoms with E-state index in [1.54, 1.807) is 27.1 Å². The van der Waals surface area contributed by atoms with E-state index in [1.807, 2.05) is 29.2 Å². The number of carbonyl (C=O) groups is 3. The largest absolute Gasteiger partial charge is 0.442 e. The van der Waals surface area contributed by atoms with Crippen LogP contribution in [-0.2, 0) is 32.6 Å². The Kier molecular flexibility index (Phi) is 8.58. The van der Waals surface area contributed by atoms with Gasteiger partial charge >= 0.3 is 6.09 Å². The number of aromatic nitrogens is 4. The Morgan fingerprint density at radius 1 is 1.14 bits per heavy atom. The summed E-state index contributed by atoms with van der Waals surface area (Å²) in [7, 11) is 6.05. The zero-order valence-corrected chi connectivity index (χ0v) is 26.6. The number of carbonyl (C=O) groups excluding carboxylic acids is 3. The van der Waals surface area contributed by atoms with Crippen LogP contribution in [0.4, 0.5) is 10.6 Å². The van der Waals surface area contributed by atoms with Crippen molar-refractivity contribution in [1.29, 1.82) is 0 Å². The quantitative estimate of drug-likeness (QED) is 0.178. The van der Waals surface area contributed by atoms with Crippen LogP contribution in [0.1, 0.15) is 63.9 Å². The van der Waals surface area contributed by atoms with Crippen LogP contribution in [0, 0.1) is 0 Å². The maximum absolute atomic E-state index is 13.9. The third-order valence-corrected chi connectivity index (χ3v) is 7.51. The van der Waals surface area contributed by atoms with Crippen molar-refractivity contribution >= 4 is 45.7 Å². The summed E-state index contributed by atoms with van der Waals surface area (Å²) in [5.41, 5.74) is 4.61. The molecule has 0 saturated heterocycles. The summed E-state index contributed by atoms with van der Waals surface area (Å²) >= 11 is 0. The van der Waals surface area contributed by atoms with Gasteiger partial charge in [-0.25, -0.2) is 19.8 Å². The Hall–Kier alpha value is -4.17. The van der Waals surface area contributed by atoms with Crippen LogP contribution in [0.25, 0.3) is 22.1 Å². The number of ketones is 1. The van der Waals surface area contributed by atoms with Crippen molar-refractivity contribution in [1.82, 2.24) is 34.4 Å². The average molecular weight is 611 g/mol. The molecule has 2 saturated carbocycles. The molecule has 3 aromatic heterocycles. The van der Waals surface area contributed by atoms with Gasteiger partial charge in [-0.05, 0) is 59.4 Å². The van der Waals surface area contributed by atoms with Gasteiger partial charge in [0.2, 0.25) is 12.1 Å². The molecule has 44 heavy (non-hydrogen) atoms. The van der Waals surface area contributed by atoms with E-state index < -0.39 is 23.8 Å². The molecule has 2 fully saturated rings. The highest BCUT2D eigenvalue weighted by molar-refractivity contribution is 6.10. The molecular formula is C30H42N8O6. The first kappa shape index (κ1) is 31.3. The average Bonchev–Trinajstić information content (AvgIpc) is 3.89. The van der Waals surface area contributed by atoms with E-state index in [2.05, 4.69) is 20.6 Å². The molecule has 0 atom stereocenters. The predicted octanol–water partition coefficient (Wildman–Crippen LogP) is 3.52. The summed E-state index contributed by atoms with van der Waals surface area (Å²) in [6.07, 6.45) is 5.21. The fourth-order valence-electron chi connectivity index (χ4n) is 5.28. The fraction of sp³-hybridized carbons (Fsp3) is 0.567. The molecular weight excluding hydrogens is 568 g/mol. The van der Waals surface area contributed by atoms with Gasteiger partial charge in [-0.3, -0.25) is 15.0 Å². The molecule has 0 aromatic carbocycles. The van der Waals surface area contributed by atoms with Gasteiger partial charge in [-0.1, -0.05) is 0 Å². The number of hydrazine groups is 1. The van der Waals surface area contributed by atoms with Gasteiger partial charge in [0.15, 0.2) is 5.82 Å². The number of nitrogens with zero attached hydrogens (tertiary/aromatic N) is 6. The minimum atomic E-state index is -1.17. The summed E-state index contributed by atoms with van der Waals surface area (Å²) in [5, 5.41) is 5.05. The van der Waals surface area contributed by atoms with Gasteiger partial charge < -0.3 is 33.6 Å². The Morgan fingerprint density at radius 2 is 1.77 bits per heavy atom. The fourth-order valence-corrected chi connectivity index (χ4v) is 5.28. The maximum atomic E-state index is 13.9. The van der Waals surface area contributed by atoms with E-state index in [-0.39, 0.29) is 11.7 Å². The lowest BCUT2D eigenvalue weighted by atomic mass is 10.2. The van der Waals surface area contributed by atoms with E-state index in [1.165, 1.54) is 27.3 Å². The van der Waals surface area contributed by atoms with Crippen molar-refractivity contribution in [2.24, 2.45) is 7.05 Å². The van der Waals surface area contributed by atoms with Crippen molar-refractivity contribution in [3.8, 4) is 0 Å². The molecule has 3 heterocycles. The lowest BCUT2D eigenvalue weighted by Crippen LogP contribution is -2.44. The molecule has 2 aliphatic carbocycles. The van der Waals surface area contributed by atoms with Crippen molar-refractivity contribution < 1.29 is 28.6 Å². The third-order valence-electron chi connectivity index (χ3n) is 7.51. The molecule has 0 spiro atoms. The van der Waals surface area contributed by atoms with E-state index >= 15 is 0 Å². The summed E-state index contributed by atoms with van der Waals surface area (Å²) in [6.45, 7) is 7.77. The van der Waals surface area contributed by atoms with Gasteiger partial charge in [-0.15, -0.1) is 0 Å². The maximum Gasteiger partial charge on any atom is 0.428 e. The SMILES string of the molecule is CCn1c(C(=O)N(C2CC2)C2CC2)cc2c3c(ncn3C)c(N/C(=C\C(=O)C(OC)OC)NN(C)C(=O)OC(C)(C)C)nc21. The van der Waals surface area contributed by atoms with E-state index in [9.17, 15) is 14.4 Å². The molecule has 2 aliphatic rings. The van der Waals surface area contributed by atoms with Crippen LogP contribution in [0.5, 0.6) is 0 Å². The zero-order valence-electron chi connectivity index (χ0n) is 26.6. The summed E-state index contributed by atoms with van der Waals surface area (Å²) < 4.78 is 19.5. The van der Waals surface area contributed by atoms with Crippen LogP contribution in [0.15, 0.2) is 24.3 Å². The van der Waals surface area contributed by atoms with Crippen LogP contribution in [0.3, 0.4) is 0 Å². The number of nitrogens with one attached hydrogen (secondary N) is 2. The molecule has 0 unspecified atom stereocenters. The number of ether oxygens (including phenoxy) is 3. The zero-order chi connectivity index (χ0) is 31.9. The second-order valence-corrected chi connectivity index (χ2v) is 12.2. The number of hydrogen-bond acceptors (Lipinski definition) is 10. The molecule has 3 aromatic rings. The summed E-state index contributed by atoms with van der Waals surface area (Å²) in [5.74, 6) is -0.0832. The molecule has 2 amide bonds. The van der Waals surface area contributed by atoms with Crippen molar-refractivity contribution in [3.63, 3.8) is 0 Å². The van der Waals surface area contributed by atoms with E-state index in [4.69, 9.17) is 19.2 Å². The monoisotopic (exact) mass is 610 g/mol. The Balaban J connectivity index is 1.57. The predicted molar refractivity (Wildman–Crippen MR) is 164 cm³/mol. The Labute approximate surface area is 256 Å². The number of fused-ring (bicyclic) bond motifs is 3.